The molecule has 1 fully saturated rings. The number of nitrogens with zero attached hydrogens (tertiary/aromatic N) is 1. The Hall–Kier alpha value is -0.970. The van der Waals surface area contributed by atoms with E-state index in [0.717, 1.165) is 17.7 Å². The van der Waals surface area contributed by atoms with Crippen molar-refractivity contribution in [3.8, 4) is 5.75 Å². The Morgan fingerprint density at radius 3 is 2.86 bits per heavy atom. The van der Waals surface area contributed by atoms with Gasteiger partial charge in [0.2, 0.25) is 0 Å². The molecule has 2 aliphatic rings. The van der Waals surface area contributed by atoms with Gasteiger partial charge in [-0.3, -0.25) is 4.79 Å². The summed E-state index contributed by atoms with van der Waals surface area (Å²) in [7, 11) is 0. The first kappa shape index (κ1) is 17.4. The summed E-state index contributed by atoms with van der Waals surface area (Å²) in [5, 5.41) is 0.676. The van der Waals surface area contributed by atoms with Gasteiger partial charge in [-0.1, -0.05) is 25.4 Å². The van der Waals surface area contributed by atoms with Gasteiger partial charge in [0.25, 0.3) is 5.91 Å². The molecule has 1 amide bonds. The van der Waals surface area contributed by atoms with E-state index in [2.05, 4.69) is 13.8 Å². The van der Waals surface area contributed by atoms with E-state index in [1.54, 1.807) is 6.07 Å². The van der Waals surface area contributed by atoms with E-state index >= 15 is 0 Å². The molecule has 22 heavy (non-hydrogen) atoms. The van der Waals surface area contributed by atoms with E-state index in [4.69, 9.17) is 22.1 Å². The van der Waals surface area contributed by atoms with E-state index in [1.807, 2.05) is 17.0 Å². The molecule has 1 aromatic carbocycles. The smallest absolute Gasteiger partial charge is 0.264 e. The summed E-state index contributed by atoms with van der Waals surface area (Å²) >= 11 is 5.99. The number of halogens is 2. The number of nitrogens with two attached hydrogens (primary N) is 1. The van der Waals surface area contributed by atoms with Crippen LogP contribution < -0.4 is 10.5 Å². The van der Waals surface area contributed by atoms with Gasteiger partial charge in [0, 0.05) is 30.6 Å². The predicted molar refractivity (Wildman–Crippen MR) is 89.8 cm³/mol. The van der Waals surface area contributed by atoms with Crippen LogP contribution in [0.1, 0.15) is 25.8 Å². The Morgan fingerprint density at radius 2 is 2.18 bits per heavy atom. The van der Waals surface area contributed by atoms with Crippen LogP contribution in [0.2, 0.25) is 5.02 Å². The Bertz CT molecular complexity index is 577. The zero-order valence-electron chi connectivity index (χ0n) is 12.8. The van der Waals surface area contributed by atoms with Crippen LogP contribution >= 0.6 is 24.0 Å². The third-order valence-electron chi connectivity index (χ3n) is 4.60. The van der Waals surface area contributed by atoms with Gasteiger partial charge in [-0.15, -0.1) is 12.4 Å². The van der Waals surface area contributed by atoms with E-state index in [9.17, 15) is 4.79 Å². The molecule has 0 saturated carbocycles. The molecule has 0 spiro atoms. The van der Waals surface area contributed by atoms with Crippen LogP contribution in [-0.4, -0.2) is 36.0 Å². The normalized spacial score (nSPS) is 25.9. The highest BCUT2D eigenvalue weighted by molar-refractivity contribution is 6.30. The Kier molecular flexibility index (Phi) is 4.95. The fourth-order valence-electron chi connectivity index (χ4n) is 3.12. The molecular weight excluding hydrogens is 323 g/mol. The SMILES string of the molecule is CC1(C)CN(C(=O)C2Cc3cc(Cl)ccc3O2)CCC1N.Cl. The van der Waals surface area contributed by atoms with E-state index < -0.39 is 6.10 Å². The second-order valence-corrected chi connectivity index (χ2v) is 7.14. The molecule has 3 rings (SSSR count). The van der Waals surface area contributed by atoms with Crippen molar-refractivity contribution in [3.63, 3.8) is 0 Å². The Balaban J connectivity index is 0.00000176. The summed E-state index contributed by atoms with van der Waals surface area (Å²) in [6.07, 6.45) is 1.01. The Labute approximate surface area is 142 Å². The number of benzene rings is 1. The standard InChI is InChI=1S/C16H21ClN2O2.ClH/c1-16(2)9-19(6-5-14(16)18)15(20)13-8-10-7-11(17)3-4-12(10)21-13;/h3-4,7,13-14H,5-6,8-9,18H2,1-2H3;1H. The minimum atomic E-state index is -0.427. The highest BCUT2D eigenvalue weighted by atomic mass is 35.5. The van der Waals surface area contributed by atoms with Gasteiger partial charge in [-0.2, -0.15) is 0 Å². The van der Waals surface area contributed by atoms with Crippen molar-refractivity contribution >= 4 is 29.9 Å². The zero-order valence-corrected chi connectivity index (χ0v) is 14.4. The molecule has 2 aliphatic heterocycles. The highest BCUT2D eigenvalue weighted by Crippen LogP contribution is 2.33. The van der Waals surface area contributed by atoms with Crippen LogP contribution in [0.5, 0.6) is 5.75 Å². The van der Waals surface area contributed by atoms with Crippen molar-refractivity contribution in [1.82, 2.24) is 4.90 Å². The van der Waals surface area contributed by atoms with Crippen LogP contribution in [0.3, 0.4) is 0 Å². The van der Waals surface area contributed by atoms with Crippen LogP contribution in [0.4, 0.5) is 0 Å². The fraction of sp³-hybridized carbons (Fsp3) is 0.562. The summed E-state index contributed by atoms with van der Waals surface area (Å²) in [6, 6.07) is 5.64. The lowest BCUT2D eigenvalue weighted by Crippen LogP contribution is -2.56. The summed E-state index contributed by atoms with van der Waals surface area (Å²) in [6.45, 7) is 5.62. The van der Waals surface area contributed by atoms with Crippen LogP contribution in [0.15, 0.2) is 18.2 Å². The third kappa shape index (κ3) is 3.19. The highest BCUT2D eigenvalue weighted by Gasteiger charge is 2.39. The number of fused-ring (bicyclic) bond motifs is 1. The maximum Gasteiger partial charge on any atom is 0.264 e. The number of amides is 1. The number of hydrogen-bond acceptors (Lipinski definition) is 3. The first-order valence-electron chi connectivity index (χ1n) is 7.36. The van der Waals surface area contributed by atoms with Gasteiger partial charge in [-0.25, -0.2) is 0 Å². The quantitative estimate of drug-likeness (QED) is 0.851. The molecule has 2 atom stereocenters. The molecule has 1 saturated heterocycles. The van der Waals surface area contributed by atoms with Gasteiger partial charge >= 0.3 is 0 Å². The number of rotatable bonds is 1. The first-order chi connectivity index (χ1) is 9.87. The zero-order chi connectivity index (χ0) is 15.2. The van der Waals surface area contributed by atoms with Crippen molar-refractivity contribution in [1.29, 1.82) is 0 Å². The minimum Gasteiger partial charge on any atom is -0.480 e. The summed E-state index contributed by atoms with van der Waals surface area (Å²) in [5.41, 5.74) is 7.09. The molecule has 0 bridgehead atoms. The number of ether oxygens (including phenoxy) is 1. The molecule has 2 N–H and O–H groups in total. The van der Waals surface area contributed by atoms with Gasteiger partial charge in [0.1, 0.15) is 5.75 Å². The van der Waals surface area contributed by atoms with Crippen LogP contribution in [0.25, 0.3) is 0 Å². The lowest BCUT2D eigenvalue weighted by atomic mass is 9.79. The molecule has 1 aromatic rings. The maximum absolute atomic E-state index is 12.7. The summed E-state index contributed by atoms with van der Waals surface area (Å²) < 4.78 is 5.79. The molecule has 6 heteroatoms. The second kappa shape index (κ2) is 6.26. The number of piperidine rings is 1. The van der Waals surface area contributed by atoms with Crippen molar-refractivity contribution in [3.05, 3.63) is 28.8 Å². The number of likely N-dealkylation sites (tertiary alicyclic amines) is 1. The molecule has 0 aromatic heterocycles. The molecule has 0 radical (unpaired) electrons. The third-order valence-corrected chi connectivity index (χ3v) is 4.83. The van der Waals surface area contributed by atoms with Crippen molar-refractivity contribution in [2.24, 2.45) is 11.1 Å². The average Bonchev–Trinajstić information content (AvgIpc) is 2.83. The number of carbonyl (C=O) groups excluding carboxylic acids is 1. The lowest BCUT2D eigenvalue weighted by Gasteiger charge is -2.43. The molecule has 2 unspecified atom stereocenters. The van der Waals surface area contributed by atoms with Crippen LogP contribution in [0, 0.1) is 5.41 Å². The lowest BCUT2D eigenvalue weighted by molar-refractivity contribution is -0.141. The molecule has 0 aliphatic carbocycles. The predicted octanol–water partition coefficient (Wildman–Crippen LogP) is 2.65. The van der Waals surface area contributed by atoms with Crippen molar-refractivity contribution < 1.29 is 9.53 Å². The van der Waals surface area contributed by atoms with E-state index in [0.29, 0.717) is 24.5 Å². The van der Waals surface area contributed by atoms with E-state index in [-0.39, 0.29) is 29.8 Å². The summed E-state index contributed by atoms with van der Waals surface area (Å²) in [5.74, 6) is 0.827. The summed E-state index contributed by atoms with van der Waals surface area (Å²) in [4.78, 5) is 14.6. The topological polar surface area (TPSA) is 55.6 Å². The monoisotopic (exact) mass is 344 g/mol. The van der Waals surface area contributed by atoms with Gasteiger partial charge in [0.15, 0.2) is 6.10 Å². The largest absolute Gasteiger partial charge is 0.480 e. The van der Waals surface area contributed by atoms with Gasteiger partial charge < -0.3 is 15.4 Å². The van der Waals surface area contributed by atoms with Crippen molar-refractivity contribution in [2.75, 3.05) is 13.1 Å². The van der Waals surface area contributed by atoms with Crippen molar-refractivity contribution in [2.45, 2.75) is 38.8 Å². The molecule has 122 valence electrons. The average molecular weight is 345 g/mol. The minimum absolute atomic E-state index is 0. The van der Waals surface area contributed by atoms with Gasteiger partial charge in [0.05, 0.1) is 0 Å². The van der Waals surface area contributed by atoms with Gasteiger partial charge in [-0.05, 0) is 35.6 Å². The molecular formula is C16H22Cl2N2O2. The maximum atomic E-state index is 12.7. The fourth-order valence-corrected chi connectivity index (χ4v) is 3.32. The number of carbonyl (C=O) groups is 1. The van der Waals surface area contributed by atoms with Crippen LogP contribution in [-0.2, 0) is 11.2 Å². The molecule has 4 nitrogen and oxygen atoms in total. The second-order valence-electron chi connectivity index (χ2n) is 6.71. The first-order valence-corrected chi connectivity index (χ1v) is 7.74. The van der Waals surface area contributed by atoms with E-state index in [1.165, 1.54) is 0 Å². The molecule has 2 heterocycles. The Morgan fingerprint density at radius 1 is 1.45 bits per heavy atom. The number of hydrogen-bond donors (Lipinski definition) is 1.